The summed E-state index contributed by atoms with van der Waals surface area (Å²) >= 11 is 0. The Kier molecular flexibility index (Phi) is 4.46. The first kappa shape index (κ1) is 15.3. The number of piperidine rings is 1. The van der Waals surface area contributed by atoms with Gasteiger partial charge in [0.1, 0.15) is 0 Å². The van der Waals surface area contributed by atoms with E-state index < -0.39 is 0 Å². The van der Waals surface area contributed by atoms with Crippen molar-refractivity contribution in [3.8, 4) is 0 Å². The quantitative estimate of drug-likeness (QED) is 0.868. The molecule has 0 unspecified atom stereocenters. The number of hydrogen-bond donors (Lipinski definition) is 1. The van der Waals surface area contributed by atoms with Crippen molar-refractivity contribution in [2.75, 3.05) is 18.4 Å². The van der Waals surface area contributed by atoms with Crippen LogP contribution in [0, 0.1) is 5.41 Å². The topological polar surface area (TPSA) is 49.4 Å². The zero-order chi connectivity index (χ0) is 15.5. The fraction of sp³-hybridized carbons (Fsp3) is 0.412. The minimum atomic E-state index is -0.278. The molecule has 2 amide bonds. The number of carbonyl (C=O) groups is 2. The van der Waals surface area contributed by atoms with Crippen molar-refractivity contribution >= 4 is 17.5 Å². The minimum Gasteiger partial charge on any atom is -0.339 e. The molecule has 4 heteroatoms. The number of rotatable bonds is 3. The first-order valence-corrected chi connectivity index (χ1v) is 7.24. The van der Waals surface area contributed by atoms with Crippen LogP contribution in [0.1, 0.15) is 37.0 Å². The Hall–Kier alpha value is -2.10. The van der Waals surface area contributed by atoms with Gasteiger partial charge in [0.15, 0.2) is 0 Å². The van der Waals surface area contributed by atoms with Crippen molar-refractivity contribution in [1.29, 1.82) is 0 Å². The lowest BCUT2D eigenvalue weighted by atomic mass is 9.82. The van der Waals surface area contributed by atoms with Gasteiger partial charge >= 0.3 is 0 Å². The third kappa shape index (κ3) is 3.94. The highest BCUT2D eigenvalue weighted by molar-refractivity contribution is 6.00. The summed E-state index contributed by atoms with van der Waals surface area (Å²) in [4.78, 5) is 25.7. The molecule has 0 radical (unpaired) electrons. The maximum Gasteiger partial charge on any atom is 0.253 e. The number of likely N-dealkylation sites (tertiary alicyclic amines) is 1. The first-order valence-electron chi connectivity index (χ1n) is 7.24. The molecule has 1 aliphatic rings. The first-order chi connectivity index (χ1) is 9.91. The van der Waals surface area contributed by atoms with Gasteiger partial charge in [0.25, 0.3) is 5.91 Å². The number of carbonyl (C=O) groups excluding carboxylic acids is 2. The van der Waals surface area contributed by atoms with Crippen molar-refractivity contribution < 1.29 is 9.59 Å². The van der Waals surface area contributed by atoms with Crippen LogP contribution in [0.4, 0.5) is 5.69 Å². The van der Waals surface area contributed by atoms with E-state index in [1.54, 1.807) is 24.3 Å². The lowest BCUT2D eigenvalue weighted by molar-refractivity contribution is -0.111. The van der Waals surface area contributed by atoms with Gasteiger partial charge in [-0.25, -0.2) is 0 Å². The molecule has 0 aromatic heterocycles. The van der Waals surface area contributed by atoms with Crippen LogP contribution in [0.15, 0.2) is 36.9 Å². The Morgan fingerprint density at radius 2 is 1.95 bits per heavy atom. The summed E-state index contributed by atoms with van der Waals surface area (Å²) in [6.45, 7) is 9.46. The summed E-state index contributed by atoms with van der Waals surface area (Å²) in [5.74, 6) is -0.250. The smallest absolute Gasteiger partial charge is 0.253 e. The summed E-state index contributed by atoms with van der Waals surface area (Å²) < 4.78 is 0. The predicted molar refractivity (Wildman–Crippen MR) is 84.2 cm³/mol. The number of benzene rings is 1. The molecule has 0 bridgehead atoms. The van der Waals surface area contributed by atoms with E-state index in [-0.39, 0.29) is 11.8 Å². The molecule has 112 valence electrons. The van der Waals surface area contributed by atoms with Gasteiger partial charge in [0, 0.05) is 24.3 Å². The molecule has 0 aliphatic carbocycles. The van der Waals surface area contributed by atoms with Crippen molar-refractivity contribution in [1.82, 2.24) is 4.90 Å². The van der Waals surface area contributed by atoms with Crippen molar-refractivity contribution in [2.24, 2.45) is 5.41 Å². The molecule has 2 rings (SSSR count). The van der Waals surface area contributed by atoms with Crippen LogP contribution < -0.4 is 5.32 Å². The molecule has 1 aromatic carbocycles. The lowest BCUT2D eigenvalue weighted by Gasteiger charge is -2.37. The van der Waals surface area contributed by atoms with E-state index in [1.807, 2.05) is 4.90 Å². The van der Waals surface area contributed by atoms with E-state index in [0.29, 0.717) is 16.7 Å². The standard InChI is InChI=1S/C17H22N2O2/c1-4-15(20)18-14-7-5-6-13(12-14)16(21)19-10-8-17(2,3)9-11-19/h4-7,12H,1,8-11H2,2-3H3,(H,18,20). The number of amides is 2. The van der Waals surface area contributed by atoms with Crippen molar-refractivity contribution in [3.05, 3.63) is 42.5 Å². The largest absolute Gasteiger partial charge is 0.339 e. The van der Waals surface area contributed by atoms with Gasteiger partial charge in [-0.2, -0.15) is 0 Å². The highest BCUT2D eigenvalue weighted by Crippen LogP contribution is 2.30. The average molecular weight is 286 g/mol. The second-order valence-electron chi connectivity index (χ2n) is 6.23. The molecule has 0 atom stereocenters. The SMILES string of the molecule is C=CC(=O)Nc1cccc(C(=O)N2CCC(C)(C)CC2)c1. The van der Waals surface area contributed by atoms with Gasteiger partial charge < -0.3 is 10.2 Å². The summed E-state index contributed by atoms with van der Waals surface area (Å²) in [7, 11) is 0. The Bertz CT molecular complexity index is 554. The van der Waals surface area contributed by atoms with E-state index in [2.05, 4.69) is 25.7 Å². The maximum absolute atomic E-state index is 12.5. The van der Waals surface area contributed by atoms with E-state index >= 15 is 0 Å². The normalized spacial score (nSPS) is 17.1. The number of nitrogens with zero attached hydrogens (tertiary/aromatic N) is 1. The summed E-state index contributed by atoms with van der Waals surface area (Å²) in [5, 5.41) is 2.68. The molecule has 1 saturated heterocycles. The van der Waals surface area contributed by atoms with E-state index in [9.17, 15) is 9.59 Å². The van der Waals surface area contributed by atoms with Gasteiger partial charge in [-0.3, -0.25) is 9.59 Å². The second kappa shape index (κ2) is 6.12. The van der Waals surface area contributed by atoms with E-state index in [0.717, 1.165) is 25.9 Å². The molecule has 4 nitrogen and oxygen atoms in total. The zero-order valence-electron chi connectivity index (χ0n) is 12.7. The molecule has 21 heavy (non-hydrogen) atoms. The average Bonchev–Trinajstić information content (AvgIpc) is 2.46. The highest BCUT2D eigenvalue weighted by atomic mass is 16.2. The van der Waals surface area contributed by atoms with E-state index in [1.165, 1.54) is 6.08 Å². The van der Waals surface area contributed by atoms with Gasteiger partial charge in [-0.05, 0) is 42.5 Å². The minimum absolute atomic E-state index is 0.0280. The summed E-state index contributed by atoms with van der Waals surface area (Å²) in [5.41, 5.74) is 1.54. The molecule has 1 N–H and O–H groups in total. The van der Waals surface area contributed by atoms with Crippen LogP contribution in [-0.2, 0) is 4.79 Å². The molecule has 1 fully saturated rings. The van der Waals surface area contributed by atoms with Gasteiger partial charge in [0.05, 0.1) is 0 Å². The molecule has 1 aromatic rings. The fourth-order valence-corrected chi connectivity index (χ4v) is 2.42. The number of anilines is 1. The highest BCUT2D eigenvalue weighted by Gasteiger charge is 2.28. The van der Waals surface area contributed by atoms with Gasteiger partial charge in [-0.1, -0.05) is 26.5 Å². The third-order valence-corrected chi connectivity index (χ3v) is 3.97. The maximum atomic E-state index is 12.5. The molecular formula is C17H22N2O2. The molecule has 0 spiro atoms. The van der Waals surface area contributed by atoms with Crippen molar-refractivity contribution in [2.45, 2.75) is 26.7 Å². The lowest BCUT2D eigenvalue weighted by Crippen LogP contribution is -2.41. The molecule has 1 aliphatic heterocycles. The summed E-state index contributed by atoms with van der Waals surface area (Å²) in [6.07, 6.45) is 3.25. The third-order valence-electron chi connectivity index (χ3n) is 3.97. The molecule has 1 heterocycles. The van der Waals surface area contributed by atoms with Crippen LogP contribution >= 0.6 is 0 Å². The predicted octanol–water partition coefficient (Wildman–Crippen LogP) is 3.07. The van der Waals surface area contributed by atoms with Gasteiger partial charge in [-0.15, -0.1) is 0 Å². The van der Waals surface area contributed by atoms with Crippen LogP contribution in [0.5, 0.6) is 0 Å². The summed E-state index contributed by atoms with van der Waals surface area (Å²) in [6, 6.07) is 7.03. The second-order valence-corrected chi connectivity index (χ2v) is 6.23. The number of nitrogens with one attached hydrogen (secondary N) is 1. The van der Waals surface area contributed by atoms with E-state index in [4.69, 9.17) is 0 Å². The Morgan fingerprint density at radius 3 is 2.57 bits per heavy atom. The van der Waals surface area contributed by atoms with Crippen LogP contribution in [0.2, 0.25) is 0 Å². The van der Waals surface area contributed by atoms with Gasteiger partial charge in [0.2, 0.25) is 5.91 Å². The molecule has 0 saturated carbocycles. The Balaban J connectivity index is 2.07. The Labute approximate surface area is 125 Å². The zero-order valence-corrected chi connectivity index (χ0v) is 12.7. The van der Waals surface area contributed by atoms with Crippen molar-refractivity contribution in [3.63, 3.8) is 0 Å². The monoisotopic (exact) mass is 286 g/mol. The number of hydrogen-bond acceptors (Lipinski definition) is 2. The fourth-order valence-electron chi connectivity index (χ4n) is 2.42. The van der Waals surface area contributed by atoms with Crippen LogP contribution in [0.3, 0.4) is 0 Å². The Morgan fingerprint density at radius 1 is 1.29 bits per heavy atom. The van der Waals surface area contributed by atoms with Crippen LogP contribution in [-0.4, -0.2) is 29.8 Å². The van der Waals surface area contributed by atoms with Crippen LogP contribution in [0.25, 0.3) is 0 Å². The molecular weight excluding hydrogens is 264 g/mol.